The first-order chi connectivity index (χ1) is 25.4. The molecule has 1 fully saturated rings. The predicted octanol–water partition coefficient (Wildman–Crippen LogP) is 0.323. The van der Waals surface area contributed by atoms with Crippen molar-refractivity contribution in [1.82, 2.24) is 15.5 Å². The van der Waals surface area contributed by atoms with Gasteiger partial charge in [-0.2, -0.15) is 0 Å². The summed E-state index contributed by atoms with van der Waals surface area (Å²) in [4.78, 5) is 87.3. The van der Waals surface area contributed by atoms with E-state index in [1.807, 2.05) is 0 Å². The SMILES string of the molecule is CC(C)C(=O)OCc1ccc(NC(=O)[C@H](C)NC(=O)[C@@H](NC(=O)CCCCCN2C(=O)C=CC2=O)C(C)C)cc1CC[C@@H]1O[C@H](C(=O)O)[C@@H](O)[C@H](O)[C@H]1O. The molecule has 2 heterocycles. The van der Waals surface area contributed by atoms with Crippen LogP contribution in [0.15, 0.2) is 30.4 Å². The zero-order valence-electron chi connectivity index (χ0n) is 31.2. The Morgan fingerprint density at radius 3 is 2.13 bits per heavy atom. The fourth-order valence-electron chi connectivity index (χ4n) is 5.87. The third-order valence-corrected chi connectivity index (χ3v) is 9.17. The van der Waals surface area contributed by atoms with Crippen molar-refractivity contribution in [3.8, 4) is 0 Å². The average molecular weight is 761 g/mol. The summed E-state index contributed by atoms with van der Waals surface area (Å²) in [5.74, 6) is -4.90. The molecule has 1 aromatic rings. The molecule has 0 bridgehead atoms. The number of esters is 1. The van der Waals surface area contributed by atoms with Crippen molar-refractivity contribution < 1.29 is 63.5 Å². The van der Waals surface area contributed by atoms with E-state index in [1.54, 1.807) is 45.9 Å². The van der Waals surface area contributed by atoms with Gasteiger partial charge in [0, 0.05) is 30.8 Å². The number of anilines is 1. The maximum atomic E-state index is 13.2. The van der Waals surface area contributed by atoms with Gasteiger partial charge in [-0.05, 0) is 61.8 Å². The highest BCUT2D eigenvalue weighted by Crippen LogP contribution is 2.27. The van der Waals surface area contributed by atoms with E-state index in [0.29, 0.717) is 36.1 Å². The lowest BCUT2D eigenvalue weighted by molar-refractivity contribution is -0.228. The number of unbranched alkanes of at least 4 members (excludes halogenated alkanes) is 2. The van der Waals surface area contributed by atoms with E-state index in [-0.39, 0.29) is 56.1 Å². The zero-order valence-corrected chi connectivity index (χ0v) is 31.2. The van der Waals surface area contributed by atoms with Crippen LogP contribution in [0.5, 0.6) is 0 Å². The Bertz CT molecular complexity index is 1560. The number of hydrogen-bond acceptors (Lipinski definition) is 12. The van der Waals surface area contributed by atoms with E-state index in [2.05, 4.69) is 16.0 Å². The van der Waals surface area contributed by atoms with Crippen LogP contribution in [0, 0.1) is 11.8 Å². The highest BCUT2D eigenvalue weighted by molar-refractivity contribution is 6.12. The second-order valence-electron chi connectivity index (χ2n) is 14.2. The van der Waals surface area contributed by atoms with Crippen LogP contribution in [0.2, 0.25) is 0 Å². The molecular formula is C37H52N4O13. The summed E-state index contributed by atoms with van der Waals surface area (Å²) < 4.78 is 10.8. The van der Waals surface area contributed by atoms with E-state index in [4.69, 9.17) is 9.47 Å². The van der Waals surface area contributed by atoms with Crippen LogP contribution in [0.3, 0.4) is 0 Å². The predicted molar refractivity (Wildman–Crippen MR) is 191 cm³/mol. The summed E-state index contributed by atoms with van der Waals surface area (Å²) in [6, 6.07) is 2.80. The minimum atomic E-state index is -1.84. The number of carbonyl (C=O) groups excluding carboxylic acids is 6. The Balaban J connectivity index is 1.60. The number of ether oxygens (including phenoxy) is 2. The minimum Gasteiger partial charge on any atom is -0.479 e. The topological polar surface area (TPSA) is 258 Å². The summed E-state index contributed by atoms with van der Waals surface area (Å²) in [6.45, 7) is 8.45. The molecule has 2 aliphatic rings. The highest BCUT2D eigenvalue weighted by Gasteiger charge is 2.46. The van der Waals surface area contributed by atoms with Crippen LogP contribution >= 0.6 is 0 Å². The Kier molecular flexibility index (Phi) is 16.3. The third kappa shape index (κ3) is 12.2. The van der Waals surface area contributed by atoms with E-state index in [9.17, 15) is 54.0 Å². The molecule has 0 aliphatic carbocycles. The first-order valence-corrected chi connectivity index (χ1v) is 18.1. The molecule has 5 amide bonds. The van der Waals surface area contributed by atoms with Crippen LogP contribution in [0.4, 0.5) is 5.69 Å². The minimum absolute atomic E-state index is 0.00956. The van der Waals surface area contributed by atoms with Crippen LogP contribution in [-0.4, -0.2) is 116 Å². The van der Waals surface area contributed by atoms with Crippen molar-refractivity contribution >= 4 is 47.2 Å². The van der Waals surface area contributed by atoms with E-state index < -0.39 is 72.3 Å². The number of carbonyl (C=O) groups is 7. The number of aliphatic carboxylic acids is 1. The number of aliphatic hydroxyl groups excluding tert-OH is 3. The van der Waals surface area contributed by atoms with E-state index in [1.165, 1.54) is 19.1 Å². The molecular weight excluding hydrogens is 708 g/mol. The van der Waals surface area contributed by atoms with Crippen molar-refractivity contribution in [3.05, 3.63) is 41.5 Å². The lowest BCUT2D eigenvalue weighted by Crippen LogP contribution is -2.59. The number of benzene rings is 1. The van der Waals surface area contributed by atoms with Gasteiger partial charge in [0.25, 0.3) is 11.8 Å². The number of hydrogen-bond donors (Lipinski definition) is 7. The lowest BCUT2D eigenvalue weighted by atomic mass is 9.91. The van der Waals surface area contributed by atoms with Gasteiger partial charge in [0.05, 0.1) is 12.0 Å². The standard InChI is InChI=1S/C37H52N4O13/c1-19(2)29(40-26(42)9-7-6-8-16-41-27(43)14-15-28(41)44)35(49)38-21(5)34(48)39-24-12-10-23(18-53-37(52)20(3)4)22(17-24)11-13-25-30(45)31(46)32(47)33(54-25)36(50)51/h10,12,14-15,17,19-21,25,29-33,45-47H,6-9,11,13,16,18H2,1-5H3,(H,38,49)(H,39,48)(H,40,42)(H,50,51)/t21-,25-,29-,30-,31+,32-,33-/m0/s1. The molecule has 7 atom stereocenters. The quantitative estimate of drug-likeness (QED) is 0.0571. The summed E-state index contributed by atoms with van der Waals surface area (Å²) in [5, 5.41) is 48.2. The molecule has 0 radical (unpaired) electrons. The number of rotatable bonds is 19. The lowest BCUT2D eigenvalue weighted by Gasteiger charge is -2.39. The van der Waals surface area contributed by atoms with Gasteiger partial charge in [0.2, 0.25) is 17.7 Å². The van der Waals surface area contributed by atoms with Gasteiger partial charge >= 0.3 is 11.9 Å². The van der Waals surface area contributed by atoms with Crippen molar-refractivity contribution in [2.75, 3.05) is 11.9 Å². The van der Waals surface area contributed by atoms with Gasteiger partial charge in [0.1, 0.15) is 37.0 Å². The Labute approximate surface area is 313 Å². The fraction of sp³-hybridized carbons (Fsp3) is 0.595. The molecule has 0 unspecified atom stereocenters. The second kappa shape index (κ2) is 20.1. The van der Waals surface area contributed by atoms with Gasteiger partial charge in [-0.15, -0.1) is 0 Å². The Morgan fingerprint density at radius 1 is 0.852 bits per heavy atom. The number of amides is 5. The summed E-state index contributed by atoms with van der Waals surface area (Å²) >= 11 is 0. The summed E-state index contributed by atoms with van der Waals surface area (Å²) in [6.07, 6.45) is -3.88. The monoisotopic (exact) mass is 760 g/mol. The smallest absolute Gasteiger partial charge is 0.335 e. The van der Waals surface area contributed by atoms with Crippen molar-refractivity contribution in [2.45, 2.75) is 122 Å². The van der Waals surface area contributed by atoms with E-state index >= 15 is 0 Å². The van der Waals surface area contributed by atoms with Crippen molar-refractivity contribution in [3.63, 3.8) is 0 Å². The van der Waals surface area contributed by atoms with E-state index in [0.717, 1.165) is 4.90 Å². The van der Waals surface area contributed by atoms with Crippen LogP contribution in [0.25, 0.3) is 0 Å². The molecule has 54 heavy (non-hydrogen) atoms. The van der Waals surface area contributed by atoms with Crippen LogP contribution in [-0.2, 0) is 56.1 Å². The number of carboxylic acid groups (broad SMARTS) is 1. The number of nitrogens with one attached hydrogen (secondary N) is 3. The first-order valence-electron chi connectivity index (χ1n) is 18.1. The molecule has 298 valence electrons. The first kappa shape index (κ1) is 43.7. The number of aliphatic hydroxyl groups is 3. The van der Waals surface area contributed by atoms with Crippen LogP contribution in [0.1, 0.15) is 77.8 Å². The number of carboxylic acids is 1. The largest absolute Gasteiger partial charge is 0.479 e. The molecule has 17 heteroatoms. The number of aryl methyl sites for hydroxylation is 1. The highest BCUT2D eigenvalue weighted by atomic mass is 16.6. The fourth-order valence-corrected chi connectivity index (χ4v) is 5.87. The maximum Gasteiger partial charge on any atom is 0.335 e. The molecule has 1 saturated heterocycles. The number of nitrogens with zero attached hydrogens (tertiary/aromatic N) is 1. The summed E-state index contributed by atoms with van der Waals surface area (Å²) in [7, 11) is 0. The molecule has 0 saturated carbocycles. The van der Waals surface area contributed by atoms with Gasteiger partial charge in [-0.1, -0.05) is 40.2 Å². The van der Waals surface area contributed by atoms with Gasteiger partial charge in [-0.25, -0.2) is 4.79 Å². The zero-order chi connectivity index (χ0) is 40.3. The maximum absolute atomic E-state index is 13.2. The third-order valence-electron chi connectivity index (χ3n) is 9.17. The molecule has 1 aromatic carbocycles. The van der Waals surface area contributed by atoms with Crippen molar-refractivity contribution in [1.29, 1.82) is 0 Å². The normalized spacial score (nSPS) is 22.3. The molecule has 0 aromatic heterocycles. The Hall–Kier alpha value is -4.71. The molecule has 0 spiro atoms. The molecule has 7 N–H and O–H groups in total. The van der Waals surface area contributed by atoms with Crippen LogP contribution < -0.4 is 16.0 Å². The molecule has 3 rings (SSSR count). The second-order valence-corrected chi connectivity index (χ2v) is 14.2. The Morgan fingerprint density at radius 2 is 1.52 bits per heavy atom. The molecule has 2 aliphatic heterocycles. The van der Waals surface area contributed by atoms with Gasteiger partial charge in [-0.3, -0.25) is 33.7 Å². The average Bonchev–Trinajstić information content (AvgIpc) is 3.43. The summed E-state index contributed by atoms with van der Waals surface area (Å²) in [5.41, 5.74) is 1.40. The van der Waals surface area contributed by atoms with Crippen molar-refractivity contribution in [2.24, 2.45) is 11.8 Å². The molecule has 17 nitrogen and oxygen atoms in total. The van der Waals surface area contributed by atoms with Gasteiger partial charge in [0.15, 0.2) is 6.10 Å². The number of imide groups is 1. The van der Waals surface area contributed by atoms with Gasteiger partial charge < -0.3 is 45.9 Å².